The summed E-state index contributed by atoms with van der Waals surface area (Å²) in [6.07, 6.45) is 0.230. The monoisotopic (exact) mass is 305 g/mol. The van der Waals surface area contributed by atoms with E-state index in [0.717, 1.165) is 24.3 Å². The van der Waals surface area contributed by atoms with Crippen molar-refractivity contribution < 1.29 is 22.7 Å². The van der Waals surface area contributed by atoms with Crippen LogP contribution in [0.3, 0.4) is 0 Å². The molecular formula is C11H12FNO4S2. The second-order valence-electron chi connectivity index (χ2n) is 4.25. The van der Waals surface area contributed by atoms with Gasteiger partial charge in [0.2, 0.25) is 10.0 Å². The second-order valence-corrected chi connectivity index (χ2v) is 7.04. The molecule has 2 N–H and O–H groups in total. The summed E-state index contributed by atoms with van der Waals surface area (Å²) < 4.78 is 39.2. The molecule has 0 radical (unpaired) electrons. The second kappa shape index (κ2) is 5.10. The van der Waals surface area contributed by atoms with Crippen molar-refractivity contribution in [2.75, 3.05) is 11.5 Å². The van der Waals surface area contributed by atoms with Gasteiger partial charge < -0.3 is 5.11 Å². The van der Waals surface area contributed by atoms with Gasteiger partial charge in [-0.05, 0) is 36.4 Å². The van der Waals surface area contributed by atoms with E-state index in [0.29, 0.717) is 5.75 Å². The molecule has 1 aromatic rings. The van der Waals surface area contributed by atoms with Gasteiger partial charge in [-0.3, -0.25) is 4.79 Å². The Balaban J connectivity index is 2.30. The van der Waals surface area contributed by atoms with E-state index in [4.69, 9.17) is 0 Å². The molecule has 1 aromatic carbocycles. The normalized spacial score (nSPS) is 23.4. The van der Waals surface area contributed by atoms with Gasteiger partial charge >= 0.3 is 5.97 Å². The van der Waals surface area contributed by atoms with Gasteiger partial charge in [0.05, 0.1) is 4.90 Å². The summed E-state index contributed by atoms with van der Waals surface area (Å²) in [4.78, 5) is 11.1. The fraction of sp³-hybridized carbons (Fsp3) is 0.364. The van der Waals surface area contributed by atoms with Gasteiger partial charge in [-0.15, -0.1) is 0 Å². The van der Waals surface area contributed by atoms with Crippen LogP contribution in [0.5, 0.6) is 0 Å². The summed E-state index contributed by atoms with van der Waals surface area (Å²) in [5.41, 5.74) is -1.47. The Morgan fingerprint density at radius 2 is 2.00 bits per heavy atom. The van der Waals surface area contributed by atoms with Crippen LogP contribution in [0, 0.1) is 5.82 Å². The highest BCUT2D eigenvalue weighted by Crippen LogP contribution is 2.30. The van der Waals surface area contributed by atoms with Crippen LogP contribution in [0.2, 0.25) is 0 Å². The molecule has 0 spiro atoms. The molecule has 0 aromatic heterocycles. The van der Waals surface area contributed by atoms with Crippen molar-refractivity contribution in [3.8, 4) is 0 Å². The topological polar surface area (TPSA) is 83.5 Å². The summed E-state index contributed by atoms with van der Waals surface area (Å²) >= 11 is 1.38. The van der Waals surface area contributed by atoms with Crippen molar-refractivity contribution in [3.63, 3.8) is 0 Å². The van der Waals surface area contributed by atoms with E-state index < -0.39 is 27.3 Å². The quantitative estimate of drug-likeness (QED) is 0.869. The molecule has 5 nitrogen and oxygen atoms in total. The summed E-state index contributed by atoms with van der Waals surface area (Å²) in [5, 5.41) is 9.22. The maximum atomic E-state index is 12.8. The van der Waals surface area contributed by atoms with E-state index in [9.17, 15) is 22.7 Å². The Morgan fingerprint density at radius 1 is 1.37 bits per heavy atom. The van der Waals surface area contributed by atoms with Gasteiger partial charge in [-0.2, -0.15) is 16.5 Å². The van der Waals surface area contributed by atoms with E-state index in [-0.39, 0.29) is 17.1 Å². The number of hydrogen-bond acceptors (Lipinski definition) is 4. The third-order valence-electron chi connectivity index (χ3n) is 2.88. The van der Waals surface area contributed by atoms with Crippen LogP contribution in [0.25, 0.3) is 0 Å². The van der Waals surface area contributed by atoms with Gasteiger partial charge in [0.15, 0.2) is 0 Å². The maximum absolute atomic E-state index is 12.8. The molecule has 104 valence electrons. The Labute approximate surface area is 114 Å². The summed E-state index contributed by atoms with van der Waals surface area (Å²) in [7, 11) is -3.97. The Bertz CT molecular complexity index is 579. The molecule has 1 unspecified atom stereocenters. The third-order valence-corrected chi connectivity index (χ3v) is 5.63. The van der Waals surface area contributed by atoms with Gasteiger partial charge in [0.25, 0.3) is 0 Å². The number of thioether (sulfide) groups is 1. The van der Waals surface area contributed by atoms with Gasteiger partial charge in [-0.25, -0.2) is 12.8 Å². The van der Waals surface area contributed by atoms with E-state index >= 15 is 0 Å². The lowest BCUT2D eigenvalue weighted by Gasteiger charge is -2.24. The van der Waals surface area contributed by atoms with Crippen molar-refractivity contribution in [1.29, 1.82) is 0 Å². The number of rotatable bonds is 4. The number of benzene rings is 1. The summed E-state index contributed by atoms with van der Waals surface area (Å²) in [6.45, 7) is 0. The summed E-state index contributed by atoms with van der Waals surface area (Å²) in [5.74, 6) is -0.979. The molecule has 19 heavy (non-hydrogen) atoms. The highest BCUT2D eigenvalue weighted by molar-refractivity contribution is 7.99. The minimum Gasteiger partial charge on any atom is -0.480 e. The van der Waals surface area contributed by atoms with Crippen LogP contribution in [0.15, 0.2) is 29.2 Å². The molecule has 0 aliphatic carbocycles. The Kier molecular flexibility index (Phi) is 3.84. The molecule has 1 saturated heterocycles. The number of sulfonamides is 1. The van der Waals surface area contributed by atoms with Crippen LogP contribution < -0.4 is 4.72 Å². The Morgan fingerprint density at radius 3 is 2.47 bits per heavy atom. The van der Waals surface area contributed by atoms with Crippen molar-refractivity contribution in [2.45, 2.75) is 16.9 Å². The molecule has 1 heterocycles. The zero-order chi connectivity index (χ0) is 14.1. The standard InChI is InChI=1S/C11H12FNO4S2/c12-8-1-3-9(4-2-8)19(16,17)13-11(10(14)15)5-6-18-7-11/h1-4,13H,5-7H2,(H,14,15). The van der Waals surface area contributed by atoms with Crippen LogP contribution in [-0.4, -0.2) is 36.5 Å². The molecule has 1 aliphatic rings. The first-order valence-corrected chi connectivity index (χ1v) is 8.10. The number of nitrogens with one attached hydrogen (secondary N) is 1. The van der Waals surface area contributed by atoms with E-state index in [2.05, 4.69) is 4.72 Å². The first-order chi connectivity index (χ1) is 8.86. The highest BCUT2D eigenvalue weighted by Gasteiger charge is 2.45. The van der Waals surface area contributed by atoms with Gasteiger partial charge in [-0.1, -0.05) is 0 Å². The first-order valence-electron chi connectivity index (χ1n) is 5.46. The number of carboxylic acid groups (broad SMARTS) is 1. The van der Waals surface area contributed by atoms with E-state index in [1.165, 1.54) is 11.8 Å². The molecular weight excluding hydrogens is 293 g/mol. The maximum Gasteiger partial charge on any atom is 0.325 e. The third kappa shape index (κ3) is 2.90. The van der Waals surface area contributed by atoms with Crippen LogP contribution in [0.1, 0.15) is 6.42 Å². The molecule has 0 saturated carbocycles. The molecule has 8 heteroatoms. The predicted octanol–water partition coefficient (Wildman–Crippen LogP) is 1.06. The number of hydrogen-bond donors (Lipinski definition) is 2. The van der Waals surface area contributed by atoms with Crippen LogP contribution >= 0.6 is 11.8 Å². The molecule has 1 fully saturated rings. The number of halogens is 1. The molecule has 1 atom stereocenters. The van der Waals surface area contributed by atoms with Gasteiger partial charge in [0, 0.05) is 5.75 Å². The SMILES string of the molecule is O=C(O)C1(NS(=O)(=O)c2ccc(F)cc2)CCSC1. The van der Waals surface area contributed by atoms with Crippen LogP contribution in [-0.2, 0) is 14.8 Å². The Hall–Kier alpha value is -1.12. The molecule has 1 aliphatic heterocycles. The zero-order valence-electron chi connectivity index (χ0n) is 9.80. The zero-order valence-corrected chi connectivity index (χ0v) is 11.4. The average molecular weight is 305 g/mol. The lowest BCUT2D eigenvalue weighted by atomic mass is 10.0. The fourth-order valence-corrected chi connectivity index (χ4v) is 4.59. The molecule has 2 rings (SSSR count). The smallest absolute Gasteiger partial charge is 0.325 e. The highest BCUT2D eigenvalue weighted by atomic mass is 32.2. The summed E-state index contributed by atoms with van der Waals surface area (Å²) in [6, 6.07) is 4.25. The minimum absolute atomic E-state index is 0.147. The van der Waals surface area contributed by atoms with E-state index in [1.807, 2.05) is 0 Å². The van der Waals surface area contributed by atoms with E-state index in [1.54, 1.807) is 0 Å². The average Bonchev–Trinajstić information content (AvgIpc) is 2.78. The van der Waals surface area contributed by atoms with Crippen molar-refractivity contribution in [3.05, 3.63) is 30.1 Å². The first kappa shape index (κ1) is 14.3. The molecule has 0 amide bonds. The largest absolute Gasteiger partial charge is 0.480 e. The number of carbonyl (C=O) groups is 1. The fourth-order valence-electron chi connectivity index (χ4n) is 1.79. The number of carboxylic acids is 1. The van der Waals surface area contributed by atoms with Crippen molar-refractivity contribution in [1.82, 2.24) is 4.72 Å². The van der Waals surface area contributed by atoms with Gasteiger partial charge in [0.1, 0.15) is 11.4 Å². The minimum atomic E-state index is -3.97. The van der Waals surface area contributed by atoms with Crippen molar-refractivity contribution >= 4 is 27.8 Å². The number of aliphatic carboxylic acids is 1. The van der Waals surface area contributed by atoms with Crippen molar-refractivity contribution in [2.24, 2.45) is 0 Å². The lowest BCUT2D eigenvalue weighted by molar-refractivity contribution is -0.142. The lowest BCUT2D eigenvalue weighted by Crippen LogP contribution is -2.54. The predicted molar refractivity (Wildman–Crippen MR) is 69.0 cm³/mol. The van der Waals surface area contributed by atoms with Crippen LogP contribution in [0.4, 0.5) is 4.39 Å². The molecule has 0 bridgehead atoms.